The molecule has 0 bridgehead atoms. The summed E-state index contributed by atoms with van der Waals surface area (Å²) in [7, 11) is 0. The first kappa shape index (κ1) is 18.4. The van der Waals surface area contributed by atoms with Crippen molar-refractivity contribution in [3.63, 3.8) is 0 Å². The zero-order chi connectivity index (χ0) is 19.2. The molecule has 144 valence electrons. The molecule has 0 radical (unpaired) electrons. The standard InChI is InChI=1S/C22H25N5O/c28-22(20-11-5-4-10-19(20)21-23-16-24-26-21)25-18-9-6-13-27(15-18)14-12-17-7-2-1-3-8-17/h1-5,7-8,10-11,16,18H,6,9,12-15H2,(H,25,28)(H,23,24,26)/t18-/m1/s1. The molecule has 1 aliphatic rings. The summed E-state index contributed by atoms with van der Waals surface area (Å²) in [5, 5.41) is 9.96. The van der Waals surface area contributed by atoms with Gasteiger partial charge < -0.3 is 10.2 Å². The molecule has 0 unspecified atom stereocenters. The summed E-state index contributed by atoms with van der Waals surface area (Å²) in [5.74, 6) is 0.556. The molecule has 1 atom stereocenters. The predicted octanol–water partition coefficient (Wildman–Crippen LogP) is 2.91. The summed E-state index contributed by atoms with van der Waals surface area (Å²) in [4.78, 5) is 19.6. The van der Waals surface area contributed by atoms with Crippen molar-refractivity contribution < 1.29 is 4.79 Å². The highest BCUT2D eigenvalue weighted by molar-refractivity contribution is 6.00. The molecule has 4 rings (SSSR count). The highest BCUT2D eigenvalue weighted by Gasteiger charge is 2.23. The first-order valence-electron chi connectivity index (χ1n) is 9.81. The van der Waals surface area contributed by atoms with Crippen molar-refractivity contribution >= 4 is 5.91 Å². The number of carbonyl (C=O) groups excluding carboxylic acids is 1. The molecule has 2 aromatic carbocycles. The van der Waals surface area contributed by atoms with Crippen molar-refractivity contribution in [2.24, 2.45) is 0 Å². The minimum Gasteiger partial charge on any atom is -0.348 e. The number of carbonyl (C=O) groups is 1. The molecule has 3 aromatic rings. The third kappa shape index (κ3) is 4.46. The van der Waals surface area contributed by atoms with Crippen LogP contribution in [0.3, 0.4) is 0 Å². The molecule has 1 saturated heterocycles. The van der Waals surface area contributed by atoms with Gasteiger partial charge in [0.25, 0.3) is 5.91 Å². The molecular weight excluding hydrogens is 350 g/mol. The third-order valence-corrected chi connectivity index (χ3v) is 5.24. The zero-order valence-electron chi connectivity index (χ0n) is 15.8. The fraction of sp³-hybridized carbons (Fsp3) is 0.318. The summed E-state index contributed by atoms with van der Waals surface area (Å²) in [6, 6.07) is 18.2. The van der Waals surface area contributed by atoms with Crippen LogP contribution in [0.5, 0.6) is 0 Å². The van der Waals surface area contributed by atoms with Crippen molar-refractivity contribution in [2.75, 3.05) is 19.6 Å². The van der Waals surface area contributed by atoms with E-state index in [-0.39, 0.29) is 11.9 Å². The van der Waals surface area contributed by atoms with Gasteiger partial charge in [-0.25, -0.2) is 4.98 Å². The Balaban J connectivity index is 1.37. The minimum atomic E-state index is -0.0538. The lowest BCUT2D eigenvalue weighted by molar-refractivity contribution is 0.0904. The van der Waals surface area contributed by atoms with Crippen LogP contribution in [0.25, 0.3) is 11.4 Å². The van der Waals surface area contributed by atoms with Crippen molar-refractivity contribution in [3.05, 3.63) is 72.1 Å². The van der Waals surface area contributed by atoms with Gasteiger partial charge in [0, 0.05) is 24.7 Å². The van der Waals surface area contributed by atoms with Gasteiger partial charge in [-0.15, -0.1) is 0 Å². The average Bonchev–Trinajstić information content (AvgIpc) is 3.28. The summed E-state index contributed by atoms with van der Waals surface area (Å²) >= 11 is 0. The molecule has 1 fully saturated rings. The van der Waals surface area contributed by atoms with Crippen LogP contribution in [0.15, 0.2) is 60.9 Å². The van der Waals surface area contributed by atoms with E-state index >= 15 is 0 Å². The van der Waals surface area contributed by atoms with E-state index in [1.54, 1.807) is 0 Å². The fourth-order valence-corrected chi connectivity index (χ4v) is 3.79. The Morgan fingerprint density at radius 3 is 2.79 bits per heavy atom. The van der Waals surface area contributed by atoms with Crippen LogP contribution in [0.4, 0.5) is 0 Å². The van der Waals surface area contributed by atoms with E-state index < -0.39 is 0 Å². The van der Waals surface area contributed by atoms with Gasteiger partial charge in [-0.3, -0.25) is 9.89 Å². The Bertz CT molecular complexity index is 894. The molecule has 0 saturated carbocycles. The van der Waals surface area contributed by atoms with Crippen molar-refractivity contribution in [1.82, 2.24) is 25.4 Å². The zero-order valence-corrected chi connectivity index (χ0v) is 15.8. The molecule has 6 heteroatoms. The maximum atomic E-state index is 12.9. The van der Waals surface area contributed by atoms with Crippen LogP contribution in [0.1, 0.15) is 28.8 Å². The Kier molecular flexibility index (Phi) is 5.77. The number of H-pyrrole nitrogens is 1. The van der Waals surface area contributed by atoms with Gasteiger partial charge in [-0.2, -0.15) is 5.10 Å². The van der Waals surface area contributed by atoms with Gasteiger partial charge in [-0.05, 0) is 37.4 Å². The van der Waals surface area contributed by atoms with Crippen LogP contribution in [0.2, 0.25) is 0 Å². The minimum absolute atomic E-state index is 0.0538. The Labute approximate surface area is 165 Å². The second kappa shape index (κ2) is 8.80. The Hall–Kier alpha value is -2.99. The number of aromatic nitrogens is 3. The number of hydrogen-bond donors (Lipinski definition) is 2. The Morgan fingerprint density at radius 2 is 1.96 bits per heavy atom. The number of piperidine rings is 1. The molecular formula is C22H25N5O. The van der Waals surface area contributed by atoms with Gasteiger partial charge in [0.1, 0.15) is 6.33 Å². The SMILES string of the molecule is O=C(N[C@@H]1CCCN(CCc2ccccc2)C1)c1ccccc1-c1ncn[nH]1. The van der Waals surface area contributed by atoms with Gasteiger partial charge in [0.15, 0.2) is 5.82 Å². The predicted molar refractivity (Wildman–Crippen MR) is 109 cm³/mol. The van der Waals surface area contributed by atoms with Crippen LogP contribution in [0, 0.1) is 0 Å². The molecule has 6 nitrogen and oxygen atoms in total. The number of amides is 1. The lowest BCUT2D eigenvalue weighted by Gasteiger charge is -2.33. The Morgan fingerprint density at radius 1 is 1.14 bits per heavy atom. The highest BCUT2D eigenvalue weighted by Crippen LogP contribution is 2.20. The topological polar surface area (TPSA) is 73.9 Å². The van der Waals surface area contributed by atoms with E-state index in [4.69, 9.17) is 0 Å². The summed E-state index contributed by atoms with van der Waals surface area (Å²) in [5.41, 5.74) is 2.75. The molecule has 0 aliphatic carbocycles. The van der Waals surface area contributed by atoms with E-state index in [0.29, 0.717) is 11.4 Å². The third-order valence-electron chi connectivity index (χ3n) is 5.24. The number of aromatic amines is 1. The molecule has 1 aliphatic heterocycles. The summed E-state index contributed by atoms with van der Waals surface area (Å²) < 4.78 is 0. The summed E-state index contributed by atoms with van der Waals surface area (Å²) in [6.45, 7) is 3.00. The molecule has 1 amide bonds. The maximum absolute atomic E-state index is 12.9. The average molecular weight is 375 g/mol. The maximum Gasteiger partial charge on any atom is 0.252 e. The summed E-state index contributed by atoms with van der Waals surface area (Å²) in [6.07, 6.45) is 4.60. The van der Waals surface area contributed by atoms with Crippen LogP contribution < -0.4 is 5.32 Å². The van der Waals surface area contributed by atoms with Gasteiger partial charge in [0.05, 0.1) is 5.56 Å². The molecule has 1 aromatic heterocycles. The van der Waals surface area contributed by atoms with Crippen molar-refractivity contribution in [2.45, 2.75) is 25.3 Å². The number of rotatable bonds is 6. The van der Waals surface area contributed by atoms with E-state index in [1.165, 1.54) is 11.9 Å². The molecule has 2 N–H and O–H groups in total. The number of likely N-dealkylation sites (tertiary alicyclic amines) is 1. The molecule has 2 heterocycles. The number of benzene rings is 2. The van der Waals surface area contributed by atoms with Crippen LogP contribution >= 0.6 is 0 Å². The van der Waals surface area contributed by atoms with Crippen molar-refractivity contribution in [3.8, 4) is 11.4 Å². The van der Waals surface area contributed by atoms with Crippen molar-refractivity contribution in [1.29, 1.82) is 0 Å². The monoisotopic (exact) mass is 375 g/mol. The van der Waals surface area contributed by atoms with E-state index in [0.717, 1.165) is 44.5 Å². The van der Waals surface area contributed by atoms with Gasteiger partial charge in [-0.1, -0.05) is 48.5 Å². The number of hydrogen-bond acceptors (Lipinski definition) is 4. The largest absolute Gasteiger partial charge is 0.348 e. The first-order chi connectivity index (χ1) is 13.8. The normalized spacial score (nSPS) is 17.4. The van der Waals surface area contributed by atoms with Crippen LogP contribution in [-0.4, -0.2) is 51.7 Å². The molecule has 0 spiro atoms. The van der Waals surface area contributed by atoms with Crippen LogP contribution in [-0.2, 0) is 6.42 Å². The quantitative estimate of drug-likeness (QED) is 0.695. The number of nitrogens with one attached hydrogen (secondary N) is 2. The van der Waals surface area contributed by atoms with E-state index in [1.807, 2.05) is 30.3 Å². The van der Waals surface area contributed by atoms with E-state index in [9.17, 15) is 4.79 Å². The highest BCUT2D eigenvalue weighted by atomic mass is 16.1. The fourth-order valence-electron chi connectivity index (χ4n) is 3.79. The second-order valence-electron chi connectivity index (χ2n) is 7.23. The van der Waals surface area contributed by atoms with Gasteiger partial charge in [0.2, 0.25) is 0 Å². The lowest BCUT2D eigenvalue weighted by atomic mass is 10.0. The lowest BCUT2D eigenvalue weighted by Crippen LogP contribution is -2.48. The second-order valence-corrected chi connectivity index (χ2v) is 7.23. The van der Waals surface area contributed by atoms with Gasteiger partial charge >= 0.3 is 0 Å². The first-order valence-corrected chi connectivity index (χ1v) is 9.81. The van der Waals surface area contributed by atoms with E-state index in [2.05, 4.69) is 49.7 Å². The smallest absolute Gasteiger partial charge is 0.252 e. The molecule has 28 heavy (non-hydrogen) atoms. The number of nitrogens with zero attached hydrogens (tertiary/aromatic N) is 3.